The summed E-state index contributed by atoms with van der Waals surface area (Å²) in [6.45, 7) is 2.93. The fourth-order valence-corrected chi connectivity index (χ4v) is 1.50. The largest absolute Gasteiger partial charge is 0.368 e. The summed E-state index contributed by atoms with van der Waals surface area (Å²) in [5, 5.41) is 3.61. The molecule has 0 radical (unpaired) electrons. The van der Waals surface area contributed by atoms with Gasteiger partial charge in [0.2, 0.25) is 0 Å². The van der Waals surface area contributed by atoms with E-state index in [0.29, 0.717) is 11.0 Å². The molecule has 2 heterocycles. The second-order valence-electron chi connectivity index (χ2n) is 3.14. The first kappa shape index (κ1) is 10.1. The number of rotatable bonds is 3. The van der Waals surface area contributed by atoms with Gasteiger partial charge in [-0.15, -0.1) is 0 Å². The number of anilines is 1. The number of hydrogen-bond acceptors (Lipinski definition) is 4. The van der Waals surface area contributed by atoms with Crippen molar-refractivity contribution in [1.29, 1.82) is 0 Å². The van der Waals surface area contributed by atoms with Crippen LogP contribution >= 0.6 is 11.6 Å². The van der Waals surface area contributed by atoms with Gasteiger partial charge in [0.1, 0.15) is 10.7 Å². The number of fused-ring (bicyclic) bond motifs is 1. The number of aromatic nitrogens is 3. The molecule has 1 N–H and O–H groups in total. The molecule has 0 bridgehead atoms. The fraction of sp³-hybridized carbons (Fsp3) is 0.300. The fourth-order valence-electron chi connectivity index (χ4n) is 1.31. The average molecular weight is 223 g/mol. The van der Waals surface area contributed by atoms with E-state index < -0.39 is 0 Å². The van der Waals surface area contributed by atoms with Crippen LogP contribution in [0.25, 0.3) is 11.0 Å². The third-order valence-corrected chi connectivity index (χ3v) is 2.16. The van der Waals surface area contributed by atoms with Gasteiger partial charge in [-0.05, 0) is 6.42 Å². The summed E-state index contributed by atoms with van der Waals surface area (Å²) in [4.78, 5) is 12.6. The molecule has 2 rings (SSSR count). The molecule has 0 spiro atoms. The van der Waals surface area contributed by atoms with Gasteiger partial charge in [0.25, 0.3) is 0 Å². The molecule has 0 atom stereocenters. The number of pyridine rings is 1. The maximum atomic E-state index is 5.88. The summed E-state index contributed by atoms with van der Waals surface area (Å²) in [6, 6.07) is 1.71. The van der Waals surface area contributed by atoms with Crippen molar-refractivity contribution in [3.8, 4) is 0 Å². The van der Waals surface area contributed by atoms with Gasteiger partial charge in [-0.2, -0.15) is 0 Å². The Morgan fingerprint density at radius 3 is 2.93 bits per heavy atom. The molecule has 0 aliphatic carbocycles. The predicted octanol–water partition coefficient (Wildman–Crippen LogP) is 2.50. The predicted molar refractivity (Wildman–Crippen MR) is 61.1 cm³/mol. The highest BCUT2D eigenvalue weighted by Crippen LogP contribution is 2.20. The number of hydrogen-bond donors (Lipinski definition) is 1. The van der Waals surface area contributed by atoms with E-state index in [1.54, 1.807) is 18.5 Å². The molecule has 15 heavy (non-hydrogen) atoms. The van der Waals surface area contributed by atoms with E-state index in [0.717, 1.165) is 24.0 Å². The van der Waals surface area contributed by atoms with Gasteiger partial charge < -0.3 is 5.32 Å². The van der Waals surface area contributed by atoms with Crippen molar-refractivity contribution in [3.63, 3.8) is 0 Å². The zero-order valence-corrected chi connectivity index (χ0v) is 9.12. The van der Waals surface area contributed by atoms with Crippen molar-refractivity contribution >= 4 is 28.5 Å². The molecular weight excluding hydrogens is 212 g/mol. The lowest BCUT2D eigenvalue weighted by atomic mass is 10.3. The SMILES string of the molecule is CCCNc1nc(Cl)cc2nccnc12. The first-order valence-electron chi connectivity index (χ1n) is 4.82. The van der Waals surface area contributed by atoms with Gasteiger partial charge in [0.15, 0.2) is 5.82 Å². The monoisotopic (exact) mass is 222 g/mol. The van der Waals surface area contributed by atoms with Crippen LogP contribution in [0, 0.1) is 0 Å². The molecule has 0 fully saturated rings. The van der Waals surface area contributed by atoms with Crippen molar-refractivity contribution in [2.75, 3.05) is 11.9 Å². The first-order chi connectivity index (χ1) is 7.31. The van der Waals surface area contributed by atoms with Gasteiger partial charge in [0.05, 0.1) is 5.52 Å². The smallest absolute Gasteiger partial charge is 0.155 e. The summed E-state index contributed by atoms with van der Waals surface area (Å²) in [5.41, 5.74) is 1.52. The second kappa shape index (κ2) is 4.40. The lowest BCUT2D eigenvalue weighted by molar-refractivity contribution is 0.970. The first-order valence-corrected chi connectivity index (χ1v) is 5.20. The normalized spacial score (nSPS) is 10.5. The molecular formula is C10H11ClN4. The molecule has 0 unspecified atom stereocenters. The summed E-state index contributed by atoms with van der Waals surface area (Å²) in [7, 11) is 0. The van der Waals surface area contributed by atoms with Crippen LogP contribution in [0.3, 0.4) is 0 Å². The summed E-state index contributed by atoms with van der Waals surface area (Å²) < 4.78 is 0. The minimum Gasteiger partial charge on any atom is -0.368 e. The van der Waals surface area contributed by atoms with Crippen LogP contribution in [-0.2, 0) is 0 Å². The Balaban J connectivity index is 2.50. The molecule has 0 aliphatic rings. The molecule has 0 amide bonds. The van der Waals surface area contributed by atoms with Crippen molar-refractivity contribution in [2.24, 2.45) is 0 Å². The zero-order valence-electron chi connectivity index (χ0n) is 8.37. The molecule has 4 nitrogen and oxygen atoms in total. The van der Waals surface area contributed by atoms with Crippen molar-refractivity contribution < 1.29 is 0 Å². The Bertz CT molecular complexity index is 472. The summed E-state index contributed by atoms with van der Waals surface area (Å²) in [5.74, 6) is 0.701. The van der Waals surface area contributed by atoms with Crippen molar-refractivity contribution in [3.05, 3.63) is 23.6 Å². The van der Waals surface area contributed by atoms with E-state index in [9.17, 15) is 0 Å². The molecule has 78 valence electrons. The molecule has 2 aromatic rings. The molecule has 0 saturated carbocycles. The molecule has 0 saturated heterocycles. The second-order valence-corrected chi connectivity index (χ2v) is 3.53. The number of nitrogens with one attached hydrogen (secondary N) is 1. The van der Waals surface area contributed by atoms with E-state index in [1.165, 1.54) is 0 Å². The van der Waals surface area contributed by atoms with Crippen LogP contribution in [0.4, 0.5) is 5.82 Å². The van der Waals surface area contributed by atoms with Gasteiger partial charge in [-0.3, -0.25) is 4.98 Å². The Labute approximate surface area is 92.7 Å². The van der Waals surface area contributed by atoms with E-state index in [2.05, 4.69) is 27.2 Å². The highest BCUT2D eigenvalue weighted by atomic mass is 35.5. The van der Waals surface area contributed by atoms with Gasteiger partial charge in [0, 0.05) is 25.0 Å². The average Bonchev–Trinajstić information content (AvgIpc) is 2.25. The minimum absolute atomic E-state index is 0.432. The van der Waals surface area contributed by atoms with Crippen LogP contribution < -0.4 is 5.32 Å². The Morgan fingerprint density at radius 2 is 2.13 bits per heavy atom. The Morgan fingerprint density at radius 1 is 1.33 bits per heavy atom. The molecule has 2 aromatic heterocycles. The van der Waals surface area contributed by atoms with Gasteiger partial charge in [-0.25, -0.2) is 9.97 Å². The lowest BCUT2D eigenvalue weighted by Crippen LogP contribution is -2.03. The van der Waals surface area contributed by atoms with E-state index in [1.807, 2.05) is 0 Å². The van der Waals surface area contributed by atoms with E-state index >= 15 is 0 Å². The number of nitrogens with zero attached hydrogens (tertiary/aromatic N) is 3. The minimum atomic E-state index is 0.432. The topological polar surface area (TPSA) is 50.7 Å². The van der Waals surface area contributed by atoms with Crippen LogP contribution in [-0.4, -0.2) is 21.5 Å². The third kappa shape index (κ3) is 2.15. The van der Waals surface area contributed by atoms with Crippen LogP contribution in [0.1, 0.15) is 13.3 Å². The van der Waals surface area contributed by atoms with Crippen molar-refractivity contribution in [2.45, 2.75) is 13.3 Å². The number of halogens is 1. The van der Waals surface area contributed by atoms with E-state index in [-0.39, 0.29) is 0 Å². The summed E-state index contributed by atoms with van der Waals surface area (Å²) in [6.07, 6.45) is 4.31. The maximum absolute atomic E-state index is 5.88. The Kier molecular flexibility index (Phi) is 2.97. The lowest BCUT2D eigenvalue weighted by Gasteiger charge is -2.06. The molecule has 0 aromatic carbocycles. The maximum Gasteiger partial charge on any atom is 0.155 e. The highest BCUT2D eigenvalue weighted by Gasteiger charge is 2.05. The van der Waals surface area contributed by atoms with Gasteiger partial charge in [-0.1, -0.05) is 18.5 Å². The standard InChI is InChI=1S/C10H11ClN4/c1-2-3-14-10-9-7(6-8(11)15-10)12-4-5-13-9/h4-6H,2-3H2,1H3,(H,14,15). The quantitative estimate of drug-likeness (QED) is 0.811. The van der Waals surface area contributed by atoms with Crippen LogP contribution in [0.5, 0.6) is 0 Å². The Hall–Kier alpha value is -1.42. The van der Waals surface area contributed by atoms with Crippen LogP contribution in [0.2, 0.25) is 5.15 Å². The highest BCUT2D eigenvalue weighted by molar-refractivity contribution is 6.30. The van der Waals surface area contributed by atoms with E-state index in [4.69, 9.17) is 11.6 Å². The van der Waals surface area contributed by atoms with Crippen LogP contribution in [0.15, 0.2) is 18.5 Å². The third-order valence-electron chi connectivity index (χ3n) is 1.97. The zero-order chi connectivity index (χ0) is 10.7. The summed E-state index contributed by atoms with van der Waals surface area (Å²) >= 11 is 5.88. The van der Waals surface area contributed by atoms with Gasteiger partial charge >= 0.3 is 0 Å². The molecule has 0 aliphatic heterocycles. The molecule has 5 heteroatoms. The van der Waals surface area contributed by atoms with Crippen molar-refractivity contribution in [1.82, 2.24) is 15.0 Å².